The molecule has 7 heavy (non-hydrogen) atoms. The Morgan fingerprint density at radius 2 is 1.00 bits per heavy atom. The van der Waals surface area contributed by atoms with Gasteiger partial charge in [0.15, 0.2) is 0 Å². The number of rotatable bonds is 0. The molecule has 0 heterocycles. The first kappa shape index (κ1) is 15.9. The van der Waals surface area contributed by atoms with Gasteiger partial charge in [0.05, 0.1) is 0 Å². The van der Waals surface area contributed by atoms with Gasteiger partial charge < -0.3 is 20.2 Å². The van der Waals surface area contributed by atoms with Crippen LogP contribution >= 0.6 is 0 Å². The van der Waals surface area contributed by atoms with Gasteiger partial charge in [-0.15, -0.1) is 10.7 Å². The van der Waals surface area contributed by atoms with E-state index in [1.807, 2.05) is 0 Å². The quantitative estimate of drug-likeness (QED) is 0.368. The molecule has 0 N–H and O–H groups in total. The van der Waals surface area contributed by atoms with Crippen LogP contribution in [0.25, 0.3) is 0 Å². The summed E-state index contributed by atoms with van der Waals surface area (Å²) < 4.78 is 0. The molecule has 7 heteroatoms. The van der Waals surface area contributed by atoms with Crippen LogP contribution in [0.1, 0.15) is 0 Å². The van der Waals surface area contributed by atoms with E-state index >= 15 is 0 Å². The molecule has 0 unspecified atom stereocenters. The van der Waals surface area contributed by atoms with Crippen molar-refractivity contribution in [2.75, 3.05) is 0 Å². The largest absolute Gasteiger partial charge is 2.00 e. The molecule has 36 valence electrons. The van der Waals surface area contributed by atoms with Crippen LogP contribution in [0.2, 0.25) is 0 Å². The fourth-order valence-electron chi connectivity index (χ4n) is 0. The zero-order valence-electron chi connectivity index (χ0n) is 3.23. The van der Waals surface area contributed by atoms with Crippen molar-refractivity contribution in [3.8, 4) is 0 Å². The Kier molecular flexibility index (Phi) is 96.9. The van der Waals surface area contributed by atoms with Crippen LogP contribution in [0.4, 0.5) is 0 Å². The minimum Gasteiger partial charge on any atom is -0.444 e. The second kappa shape index (κ2) is 42.7. The van der Waals surface area contributed by atoms with Crippen molar-refractivity contribution in [2.24, 2.45) is 10.7 Å². The van der Waals surface area contributed by atoms with Gasteiger partial charge in [0, 0.05) is 0 Å². The fourth-order valence-corrected chi connectivity index (χ4v) is 0. The molecule has 0 bridgehead atoms. The molecule has 0 aromatic carbocycles. The van der Waals surface area contributed by atoms with Crippen molar-refractivity contribution >= 4 is 0 Å². The number of hydrogen-bond donors (Lipinski definition) is 0. The predicted molar refractivity (Wildman–Crippen MR) is 18.3 cm³/mol. The second-order valence-electron chi connectivity index (χ2n) is 0.149. The standard InChI is InChI=1S/Hg.2HNO2/c;2*2-1-3/h;2*(H,2,3)/q+2;;/p-2. The maximum atomic E-state index is 8.00. The molecule has 0 aromatic heterocycles. The topological polar surface area (TPSA) is 105 Å². The third-order valence-corrected chi connectivity index (χ3v) is 0. The van der Waals surface area contributed by atoms with E-state index < -0.39 is 0 Å². The van der Waals surface area contributed by atoms with Crippen LogP contribution in [0.15, 0.2) is 10.7 Å². The maximum absolute atomic E-state index is 8.00. The summed E-state index contributed by atoms with van der Waals surface area (Å²) in [6.07, 6.45) is 0. The van der Waals surface area contributed by atoms with Gasteiger partial charge in [-0.05, 0) is 0 Å². The Labute approximate surface area is 58.9 Å². The molecular formula is HgN2O4. The van der Waals surface area contributed by atoms with E-state index in [1.165, 1.54) is 0 Å². The monoisotopic (exact) mass is 294 g/mol. The van der Waals surface area contributed by atoms with Gasteiger partial charge >= 0.3 is 27.7 Å². The van der Waals surface area contributed by atoms with Gasteiger partial charge in [-0.3, -0.25) is 0 Å². The Bertz CT molecular complexity index is 30.7. The second-order valence-corrected chi connectivity index (χ2v) is 0.149. The third-order valence-electron chi connectivity index (χ3n) is 0. The van der Waals surface area contributed by atoms with Crippen LogP contribution in [0.5, 0.6) is 0 Å². The van der Waals surface area contributed by atoms with Crippen LogP contribution < -0.4 is 0 Å². The molecule has 0 aliphatic carbocycles. The molecule has 0 saturated carbocycles. The van der Waals surface area contributed by atoms with Gasteiger partial charge in [-0.2, -0.15) is 0 Å². The Hall–Kier alpha value is -0.265. The zero-order valence-corrected chi connectivity index (χ0v) is 8.73. The minimum absolute atomic E-state index is 0. The fraction of sp³-hybridized carbons (Fsp3) is 0. The van der Waals surface area contributed by atoms with Gasteiger partial charge in [0.2, 0.25) is 0 Å². The van der Waals surface area contributed by atoms with E-state index in [0.717, 1.165) is 10.7 Å². The molecule has 0 atom stereocenters. The van der Waals surface area contributed by atoms with E-state index in [9.17, 15) is 0 Å². The summed E-state index contributed by atoms with van der Waals surface area (Å²) in [6.45, 7) is 0. The summed E-state index contributed by atoms with van der Waals surface area (Å²) >= 11 is 0. The van der Waals surface area contributed by atoms with Crippen LogP contribution in [0.3, 0.4) is 0 Å². The normalized spacial score (nSPS) is 3.43. The van der Waals surface area contributed by atoms with Crippen molar-refractivity contribution in [3.05, 3.63) is 20.2 Å². The average Bonchev–Trinajstić information content (AvgIpc) is 1.39. The average molecular weight is 293 g/mol. The SMILES string of the molecule is O=N[O-].O=N[O-].[Hg+2]. The van der Waals surface area contributed by atoms with Crippen molar-refractivity contribution in [1.29, 1.82) is 0 Å². The summed E-state index contributed by atoms with van der Waals surface area (Å²) in [5.41, 5.74) is 0. The minimum atomic E-state index is 0. The molecule has 0 amide bonds. The Balaban J connectivity index is -0.0000000400. The van der Waals surface area contributed by atoms with E-state index in [4.69, 9.17) is 20.2 Å². The molecule has 0 aromatic rings. The number of nitrogens with zero attached hydrogens (tertiary/aromatic N) is 2. The maximum Gasteiger partial charge on any atom is 2.00 e. The molecule has 0 saturated heterocycles. The first-order valence-electron chi connectivity index (χ1n) is 0.730. The Morgan fingerprint density at radius 1 is 1.00 bits per heavy atom. The van der Waals surface area contributed by atoms with Crippen LogP contribution in [-0.4, -0.2) is 0 Å². The molecule has 0 spiro atoms. The molecule has 0 aliphatic rings. The first-order chi connectivity index (χ1) is 2.83. The first-order valence-corrected chi connectivity index (χ1v) is 0.730. The van der Waals surface area contributed by atoms with Crippen LogP contribution in [0, 0.1) is 20.2 Å². The molecule has 0 radical (unpaired) electrons. The van der Waals surface area contributed by atoms with Crippen molar-refractivity contribution in [1.82, 2.24) is 0 Å². The summed E-state index contributed by atoms with van der Waals surface area (Å²) in [4.78, 5) is 16.0. The van der Waals surface area contributed by atoms with E-state index in [-0.39, 0.29) is 27.7 Å². The van der Waals surface area contributed by atoms with Gasteiger partial charge in [0.25, 0.3) is 0 Å². The van der Waals surface area contributed by atoms with Crippen molar-refractivity contribution < 1.29 is 27.7 Å². The summed E-state index contributed by atoms with van der Waals surface area (Å²) in [7, 11) is 0. The molecule has 6 nitrogen and oxygen atoms in total. The molecule has 0 aliphatic heterocycles. The molecule has 0 rings (SSSR count). The summed E-state index contributed by atoms with van der Waals surface area (Å²) in [5, 5.41) is 18.0. The van der Waals surface area contributed by atoms with Gasteiger partial charge in [-0.1, -0.05) is 0 Å². The van der Waals surface area contributed by atoms with Crippen LogP contribution in [-0.2, 0) is 27.7 Å². The van der Waals surface area contributed by atoms with E-state index in [2.05, 4.69) is 0 Å². The summed E-state index contributed by atoms with van der Waals surface area (Å²) in [5.74, 6) is 0. The van der Waals surface area contributed by atoms with Crippen molar-refractivity contribution in [3.63, 3.8) is 0 Å². The van der Waals surface area contributed by atoms with Gasteiger partial charge in [-0.25, -0.2) is 0 Å². The zero-order chi connectivity index (χ0) is 5.41. The van der Waals surface area contributed by atoms with Crippen molar-refractivity contribution in [2.45, 2.75) is 0 Å². The molecular weight excluding hydrogens is 293 g/mol. The van der Waals surface area contributed by atoms with Gasteiger partial charge in [0.1, 0.15) is 0 Å². The summed E-state index contributed by atoms with van der Waals surface area (Å²) in [6, 6.07) is 0. The Morgan fingerprint density at radius 3 is 1.00 bits per heavy atom. The van der Waals surface area contributed by atoms with E-state index in [0.29, 0.717) is 0 Å². The smallest absolute Gasteiger partial charge is 0.444 e. The third kappa shape index (κ3) is 1140. The predicted octanol–water partition coefficient (Wildman–Crippen LogP) is 0.499. The number of hydrogen-bond acceptors (Lipinski definition) is 6. The van der Waals surface area contributed by atoms with E-state index in [1.54, 1.807) is 0 Å². The molecule has 0 fully saturated rings.